The van der Waals surface area contributed by atoms with Crippen LogP contribution < -0.4 is 15.2 Å². The van der Waals surface area contributed by atoms with Crippen LogP contribution in [0.25, 0.3) is 11.3 Å². The molecule has 1 aromatic heterocycles. The number of nitrogen functional groups attached to an aromatic ring is 1. The number of carbonyl (C=O) groups is 1. The van der Waals surface area contributed by atoms with Crippen molar-refractivity contribution in [2.24, 2.45) is 4.36 Å². The number of thiol groups is 1. The molecule has 0 aliphatic carbocycles. The van der Waals surface area contributed by atoms with Crippen molar-refractivity contribution in [3.05, 3.63) is 65.1 Å². The van der Waals surface area contributed by atoms with Crippen LogP contribution >= 0.6 is 11.6 Å². The van der Waals surface area contributed by atoms with Gasteiger partial charge in [0, 0.05) is 40.4 Å². The fourth-order valence-electron chi connectivity index (χ4n) is 2.99. The minimum absolute atomic E-state index is 0.0147. The zero-order valence-corrected chi connectivity index (χ0v) is 20.3. The lowest BCUT2D eigenvalue weighted by atomic mass is 10.1. The molecule has 0 aliphatic rings. The lowest BCUT2D eigenvalue weighted by Gasteiger charge is -2.13. The molecule has 15 heteroatoms. The van der Waals surface area contributed by atoms with Crippen LogP contribution in [-0.4, -0.2) is 39.5 Å². The smallest absolute Gasteiger partial charge is 0.474 e. The minimum atomic E-state index is -5.21. The molecule has 2 N–H and O–H groups in total. The van der Waals surface area contributed by atoms with Crippen LogP contribution in [0.5, 0.6) is 11.5 Å². The third kappa shape index (κ3) is 8.25. The van der Waals surface area contributed by atoms with Crippen molar-refractivity contribution in [2.45, 2.75) is 18.3 Å². The number of rotatable bonds is 9. The number of alkyl halides is 3. The number of nitrogens with two attached hydrogens (primary N) is 1. The van der Waals surface area contributed by atoms with E-state index in [1.165, 1.54) is 24.3 Å². The van der Waals surface area contributed by atoms with Gasteiger partial charge in [-0.15, -0.1) is 0 Å². The maximum Gasteiger partial charge on any atom is 0.474 e. The molecule has 8 nitrogen and oxygen atoms in total. The molecule has 0 aliphatic heterocycles. The first-order valence-electron chi connectivity index (χ1n) is 10.3. The summed E-state index contributed by atoms with van der Waals surface area (Å²) in [6.07, 6.45) is -4.06. The van der Waals surface area contributed by atoms with Gasteiger partial charge in [-0.05, 0) is 41.4 Å². The number of anilines is 1. The maximum absolute atomic E-state index is 14.2. The van der Waals surface area contributed by atoms with E-state index in [1.807, 2.05) is 0 Å². The summed E-state index contributed by atoms with van der Waals surface area (Å²) in [5, 5.41) is -0.202. The van der Waals surface area contributed by atoms with Crippen molar-refractivity contribution in [3.8, 4) is 22.8 Å². The second kappa shape index (κ2) is 12.1. The SMILES string of the molecule is Nc1cc(C/[SH](=O)=N\C(=O)C(F)(F)F)cc(OCCCOc2cc(F)ccc2-c2nc(Cl)ncc2F)c1. The fourth-order valence-corrected chi connectivity index (χ4v) is 4.00. The average Bonchev–Trinajstić information content (AvgIpc) is 2.79. The van der Waals surface area contributed by atoms with E-state index < -0.39 is 40.1 Å². The molecule has 0 saturated heterocycles. The van der Waals surface area contributed by atoms with Crippen molar-refractivity contribution < 1.29 is 40.4 Å². The zero-order valence-electron chi connectivity index (χ0n) is 18.6. The average molecular weight is 565 g/mol. The number of hydrogen-bond donors (Lipinski definition) is 2. The Hall–Kier alpha value is -3.52. The summed E-state index contributed by atoms with van der Waals surface area (Å²) in [4.78, 5) is 18.2. The first-order valence-corrected chi connectivity index (χ1v) is 12.1. The summed E-state index contributed by atoms with van der Waals surface area (Å²) in [6, 6.07) is 7.65. The molecule has 1 heterocycles. The topological polar surface area (TPSA) is 117 Å². The third-order valence-corrected chi connectivity index (χ3v) is 5.70. The van der Waals surface area contributed by atoms with Gasteiger partial charge in [0.05, 0.1) is 25.2 Å². The molecule has 0 fully saturated rings. The Morgan fingerprint density at radius 1 is 1.11 bits per heavy atom. The molecule has 1 atom stereocenters. The summed E-state index contributed by atoms with van der Waals surface area (Å²) >= 11 is 5.73. The quantitative estimate of drug-likeness (QED) is 0.127. The number of carbonyl (C=O) groups excluding carboxylic acids is 1. The van der Waals surface area contributed by atoms with Gasteiger partial charge in [0.25, 0.3) is 0 Å². The van der Waals surface area contributed by atoms with Gasteiger partial charge in [-0.3, -0.25) is 9.00 Å². The largest absolute Gasteiger partial charge is 0.493 e. The first kappa shape index (κ1) is 28.1. The first-order chi connectivity index (χ1) is 17.4. The number of ether oxygens (including phenoxy) is 2. The number of amides is 1. The zero-order chi connectivity index (χ0) is 27.2. The maximum atomic E-state index is 14.2. The molecule has 0 spiro atoms. The highest BCUT2D eigenvalue weighted by atomic mass is 35.5. The van der Waals surface area contributed by atoms with Crippen LogP contribution in [0.15, 0.2) is 47.0 Å². The van der Waals surface area contributed by atoms with Gasteiger partial charge in [0.1, 0.15) is 23.0 Å². The Kier molecular flexibility index (Phi) is 9.21. The Bertz CT molecular complexity index is 1380. The Morgan fingerprint density at radius 2 is 1.84 bits per heavy atom. The van der Waals surface area contributed by atoms with Crippen molar-refractivity contribution in [2.75, 3.05) is 18.9 Å². The second-order valence-electron chi connectivity index (χ2n) is 7.35. The molecule has 0 bridgehead atoms. The molecule has 0 radical (unpaired) electrons. The summed E-state index contributed by atoms with van der Waals surface area (Å²) in [5.74, 6) is -4.04. The predicted molar refractivity (Wildman–Crippen MR) is 126 cm³/mol. The minimum Gasteiger partial charge on any atom is -0.493 e. The number of aromatic nitrogens is 2. The molecular weight excluding hydrogens is 547 g/mol. The highest BCUT2D eigenvalue weighted by molar-refractivity contribution is 7.74. The highest BCUT2D eigenvalue weighted by Gasteiger charge is 2.38. The monoisotopic (exact) mass is 564 g/mol. The number of nitrogens with zero attached hydrogens (tertiary/aromatic N) is 3. The van der Waals surface area contributed by atoms with Crippen LogP contribution in [0, 0.1) is 11.6 Å². The van der Waals surface area contributed by atoms with Crippen LogP contribution in [0.3, 0.4) is 0 Å². The molecule has 3 rings (SSSR count). The van der Waals surface area contributed by atoms with Crippen molar-refractivity contribution in [3.63, 3.8) is 0 Å². The van der Waals surface area contributed by atoms with Gasteiger partial charge in [0.15, 0.2) is 5.82 Å². The molecule has 198 valence electrons. The molecule has 2 aromatic carbocycles. The fraction of sp³-hybridized carbons (Fsp3) is 0.227. The van der Waals surface area contributed by atoms with E-state index in [4.69, 9.17) is 26.8 Å². The summed E-state index contributed by atoms with van der Waals surface area (Å²) in [5.41, 5.74) is 6.19. The molecule has 1 amide bonds. The van der Waals surface area contributed by atoms with Gasteiger partial charge in [-0.25, -0.2) is 18.7 Å². The predicted octanol–water partition coefficient (Wildman–Crippen LogP) is 4.76. The summed E-state index contributed by atoms with van der Waals surface area (Å²) in [7, 11) is -2.86. The third-order valence-electron chi connectivity index (χ3n) is 4.48. The van der Waals surface area contributed by atoms with Crippen LogP contribution in [0.4, 0.5) is 27.6 Å². The van der Waals surface area contributed by atoms with E-state index in [1.54, 1.807) is 0 Å². The lowest BCUT2D eigenvalue weighted by Crippen LogP contribution is -2.20. The van der Waals surface area contributed by atoms with E-state index in [9.17, 15) is 31.0 Å². The van der Waals surface area contributed by atoms with E-state index >= 15 is 0 Å². The van der Waals surface area contributed by atoms with Crippen LogP contribution in [-0.2, 0) is 21.1 Å². The Balaban J connectivity index is 1.60. The normalized spacial score (nSPS) is 12.4. The lowest BCUT2D eigenvalue weighted by molar-refractivity contribution is -0.169. The molecule has 0 saturated carbocycles. The molecular formula is C22H18ClF5N4O4S. The summed E-state index contributed by atoms with van der Waals surface area (Å²) < 4.78 is 90.4. The summed E-state index contributed by atoms with van der Waals surface area (Å²) in [6.45, 7) is 0.0979. The van der Waals surface area contributed by atoms with Gasteiger partial charge in [0.2, 0.25) is 5.28 Å². The van der Waals surface area contributed by atoms with E-state index in [0.29, 0.717) is 0 Å². The molecule has 1 unspecified atom stereocenters. The van der Waals surface area contributed by atoms with Gasteiger partial charge in [-0.1, -0.05) is 0 Å². The molecule has 3 aromatic rings. The van der Waals surface area contributed by atoms with Crippen LogP contribution in [0.2, 0.25) is 5.28 Å². The van der Waals surface area contributed by atoms with E-state index in [0.717, 1.165) is 18.3 Å². The van der Waals surface area contributed by atoms with Gasteiger partial charge < -0.3 is 15.2 Å². The Labute approximate surface area is 213 Å². The standard InChI is InChI=1S/C22H18ClF5N4O4S/c23-21-30-10-17(25)19(31-21)16-3-2-13(24)8-18(16)36-5-1-4-35-15-7-12(6-14(29)9-15)11-37(34)32-20(33)22(26,27)28/h2-3,6-10,37H,1,4-5,11,29H2. The Morgan fingerprint density at radius 3 is 2.57 bits per heavy atom. The number of halogens is 6. The van der Waals surface area contributed by atoms with E-state index in [-0.39, 0.29) is 58.9 Å². The van der Waals surface area contributed by atoms with Crippen molar-refractivity contribution in [1.29, 1.82) is 0 Å². The number of hydrogen-bond acceptors (Lipinski definition) is 7. The van der Waals surface area contributed by atoms with Crippen molar-refractivity contribution in [1.82, 2.24) is 9.97 Å². The van der Waals surface area contributed by atoms with Gasteiger partial charge >= 0.3 is 12.1 Å². The van der Waals surface area contributed by atoms with Gasteiger partial charge in [-0.2, -0.15) is 17.5 Å². The second-order valence-corrected chi connectivity index (χ2v) is 8.91. The number of benzene rings is 2. The molecule has 37 heavy (non-hydrogen) atoms. The van der Waals surface area contributed by atoms with E-state index in [2.05, 4.69) is 14.3 Å². The van der Waals surface area contributed by atoms with Crippen LogP contribution in [0.1, 0.15) is 12.0 Å². The van der Waals surface area contributed by atoms with Crippen molar-refractivity contribution >= 4 is 33.8 Å². The highest BCUT2D eigenvalue weighted by Crippen LogP contribution is 2.32.